The van der Waals surface area contributed by atoms with E-state index in [0.717, 1.165) is 138 Å². The number of urea groups is 5. The number of hydrogen-bond acceptors (Lipinski definition) is 32. The van der Waals surface area contributed by atoms with Gasteiger partial charge in [0.2, 0.25) is 11.8 Å². The van der Waals surface area contributed by atoms with E-state index < -0.39 is 67.9 Å². The lowest BCUT2D eigenvalue weighted by atomic mass is 10.0. The first kappa shape index (κ1) is 107. The summed E-state index contributed by atoms with van der Waals surface area (Å²) in [5, 5.41) is 138. The van der Waals surface area contributed by atoms with Crippen molar-refractivity contribution in [1.29, 1.82) is 0 Å². The standard InChI is InChI=1S/C20H34N4O8S.C16H28N4O5S.C14H27N3O4S.C13H25N3O4S.C10H18N2O3S.C3H9N/c1-24(9-8-21-12(19(29)30)10-32-17(28)7-6-16(26)27)15(25)5-3-2-4-14-18-13(11-33-14)22-20(31)23-18;1-20(7-6-17-10(8-21)15(23)24)13(22)5-3-2-4-12-14-11(9-26-12)18-16(25)19-14;1-17(7-8-21-20-2)12(18)6-4-3-5-11-13-10(9-22-11)15-14(19)16-13;1-16(6-11(18)19)10(17)5-3-2-4-9-12-8(7-21-9)14-13(20)15-12;13-8(14)4-2-1-3-7-9-6(5-16-7)11-10(15)12-9;1-3-4-2/h12-14,16,18,21,26-27H,2-11H2,1H3,(H,29,30)(H2,22,23,31);10-12,14,17,21H,2-9H2,1H3,(H,23,24)(H2,18,19,25);10-13,18H,3-9H2,1-2H3,(H2,15,16,19);8-12,17-19H,2-7H2,1H3,(H2,14,15,20);6-9,13-14H,1-5H2,(H2,11,12,15);4H,3H2,1-2H3/p+1. The van der Waals surface area contributed by atoms with Crippen LogP contribution in [0.15, 0.2) is 0 Å². The first-order valence-corrected chi connectivity index (χ1v) is 47.8. The summed E-state index contributed by atoms with van der Waals surface area (Å²) in [7, 11) is 10.3. The first-order valence-electron chi connectivity index (χ1n) is 42.5. The van der Waals surface area contributed by atoms with E-state index in [1.165, 1.54) is 12.0 Å². The van der Waals surface area contributed by atoms with Gasteiger partial charge in [-0.25, -0.2) is 33.7 Å². The summed E-state index contributed by atoms with van der Waals surface area (Å²) < 4.78 is 4.89. The summed E-state index contributed by atoms with van der Waals surface area (Å²) in [5.41, 5.74) is 0. The Labute approximate surface area is 737 Å². The SMILES string of the molecule is CCNC.CN(CC(O)O)C(O)CCCCC1SCC2NC(=O)NC21.CN(CCNC(CO)C(=O)O)C(=O)CCCCC1SCC2NC(=O)NC21.CN(CCNC(COC(=O)CCC(O)O)C(=O)[OH2+])C(=O)CCCCC1SCC2NC(=O)NC21.COOCCN(C)C(O)CCCCC1SCC2NC(=O)NC21.O=C1NC2CSC(CCCCC(O)O)C2N1. The molecule has 41 nitrogen and oxygen atoms in total. The van der Waals surface area contributed by atoms with Gasteiger partial charge in [0.1, 0.15) is 25.1 Å². The van der Waals surface area contributed by atoms with Gasteiger partial charge in [-0.15, -0.1) is 0 Å². The number of thioether (sulfide) groups is 5. The van der Waals surface area contributed by atoms with Crippen molar-refractivity contribution in [2.45, 2.75) is 278 Å². The largest absolute Gasteiger partial charge is 0.563 e. The molecular weight excluding hydrogens is 1700 g/mol. The normalized spacial score (nSPS) is 26.2. The number of carboxylic acid groups (broad SMARTS) is 1. The Morgan fingerprint density at radius 2 is 0.803 bits per heavy atom. The third-order valence-electron chi connectivity index (χ3n) is 22.4. The highest BCUT2D eigenvalue weighted by Crippen LogP contribution is 2.38. The number of amides is 12. The number of ether oxygens (including phenoxy) is 1. The van der Waals surface area contributed by atoms with Gasteiger partial charge in [0.25, 0.3) is 0 Å². The highest BCUT2D eigenvalue weighted by atomic mass is 32.2. The zero-order valence-corrected chi connectivity index (χ0v) is 75.6. The van der Waals surface area contributed by atoms with Gasteiger partial charge in [0, 0.05) is 126 Å². The Bertz CT molecular complexity index is 3120. The molecule has 10 rings (SSSR count). The number of carboxylic acids is 1. The van der Waals surface area contributed by atoms with Gasteiger partial charge in [-0.1, -0.05) is 39.0 Å². The first-order chi connectivity index (χ1) is 58.2. The van der Waals surface area contributed by atoms with Crippen molar-refractivity contribution < 1.29 is 119 Å². The maximum absolute atomic E-state index is 12.3. The van der Waals surface area contributed by atoms with Gasteiger partial charge in [-0.2, -0.15) is 58.8 Å². The molecule has 19 atom stereocenters. The molecule has 0 aromatic carbocycles. The molecule has 0 aromatic rings. The minimum atomic E-state index is -1.61. The number of fused-ring (bicyclic) bond motifs is 5. The summed E-state index contributed by atoms with van der Waals surface area (Å²) in [6.07, 6.45) is 11.1. The lowest BCUT2D eigenvalue weighted by Gasteiger charge is -2.24. The summed E-state index contributed by atoms with van der Waals surface area (Å²) in [4.78, 5) is 130. The Hall–Kier alpha value is -5.19. The van der Waals surface area contributed by atoms with Gasteiger partial charge in [-0.05, 0) is 111 Å². The fraction of sp³-hybridized carbons (Fsp3) is 0.868. The number of carbonyl (C=O) groups excluding carboxylic acids is 9. The topological polar surface area (TPSA) is 593 Å². The number of aliphatic hydroxyl groups excluding tert-OH is 6. The van der Waals surface area contributed by atoms with Crippen molar-refractivity contribution in [2.75, 3.05) is 137 Å². The molecule has 10 saturated heterocycles. The molecule has 0 bridgehead atoms. The van der Waals surface area contributed by atoms with Crippen molar-refractivity contribution in [2.24, 2.45) is 0 Å². The molecule has 122 heavy (non-hydrogen) atoms. The van der Waals surface area contributed by atoms with Crippen molar-refractivity contribution >= 4 is 119 Å². The van der Waals surface area contributed by atoms with E-state index in [-0.39, 0.29) is 129 Å². The molecule has 0 saturated carbocycles. The number of hydrogen-bond donors (Lipinski definition) is 23. The van der Waals surface area contributed by atoms with Crippen LogP contribution >= 0.6 is 58.8 Å². The fourth-order valence-corrected chi connectivity index (χ4v) is 22.8. The lowest BCUT2D eigenvalue weighted by Crippen LogP contribution is -2.44. The number of esters is 1. The molecule has 12 amide bonds. The van der Waals surface area contributed by atoms with E-state index in [1.54, 1.807) is 30.9 Å². The molecule has 704 valence electrons. The molecule has 0 aliphatic carbocycles. The van der Waals surface area contributed by atoms with Crippen LogP contribution in [0.5, 0.6) is 0 Å². The molecule has 10 heterocycles. The maximum Gasteiger partial charge on any atom is 0.536 e. The molecule has 0 radical (unpaired) electrons. The van der Waals surface area contributed by atoms with E-state index >= 15 is 0 Å². The van der Waals surface area contributed by atoms with Crippen molar-refractivity contribution in [1.82, 2.24) is 88.7 Å². The van der Waals surface area contributed by atoms with Crippen molar-refractivity contribution in [3.63, 3.8) is 0 Å². The minimum Gasteiger partial charge on any atom is -0.563 e. The Kier molecular flexibility index (Phi) is 51.9. The van der Waals surface area contributed by atoms with E-state index in [4.69, 9.17) is 55.6 Å². The number of rotatable bonds is 50. The van der Waals surface area contributed by atoms with Gasteiger partial charge in [0.05, 0.1) is 93.7 Å². The van der Waals surface area contributed by atoms with E-state index in [1.807, 2.05) is 77.8 Å². The smallest absolute Gasteiger partial charge is 0.536 e. The molecule has 0 spiro atoms. The van der Waals surface area contributed by atoms with E-state index in [0.29, 0.717) is 90.8 Å². The van der Waals surface area contributed by atoms with Crippen LogP contribution in [-0.2, 0) is 38.5 Å². The van der Waals surface area contributed by atoms with Crippen molar-refractivity contribution in [3.8, 4) is 0 Å². The number of nitrogens with one attached hydrogen (secondary N) is 13. The van der Waals surface area contributed by atoms with Crippen LogP contribution in [-0.4, -0.2) is 402 Å². The van der Waals surface area contributed by atoms with Crippen LogP contribution in [0, 0.1) is 0 Å². The summed E-state index contributed by atoms with van der Waals surface area (Å²) in [6.45, 7) is 4.72. The molecular formula is C76H142N17O24S5+. The third kappa shape index (κ3) is 40.0. The Balaban J connectivity index is 0.000000272. The molecule has 10 fully saturated rings. The third-order valence-corrected chi connectivity index (χ3v) is 29.9. The Morgan fingerprint density at radius 1 is 0.467 bits per heavy atom. The second kappa shape index (κ2) is 59.0. The molecule has 19 unspecified atom stereocenters. The van der Waals surface area contributed by atoms with Crippen molar-refractivity contribution in [3.05, 3.63) is 0 Å². The van der Waals surface area contributed by atoms with E-state index in [2.05, 4.69) is 80.9 Å². The number of likely N-dealkylation sites (N-methyl/N-ethyl adjacent to an activating group) is 4. The number of carbonyl (C=O) groups is 10. The number of aliphatic hydroxyl groups is 9. The predicted octanol–water partition coefficient (Wildman–Crippen LogP) is -2.72. The zero-order valence-electron chi connectivity index (χ0n) is 71.5. The van der Waals surface area contributed by atoms with Gasteiger partial charge < -0.3 is 135 Å². The average molecular weight is 1840 g/mol. The molecule has 46 heteroatoms. The quantitative estimate of drug-likeness (QED) is 0.00560. The predicted molar refractivity (Wildman–Crippen MR) is 467 cm³/mol. The van der Waals surface area contributed by atoms with Gasteiger partial charge in [0.15, 0.2) is 24.9 Å². The maximum atomic E-state index is 12.3. The molecule has 10 aliphatic heterocycles. The average Bonchev–Trinajstić information content (AvgIpc) is 1.70. The fourth-order valence-electron chi connectivity index (χ4n) is 15.1. The number of aliphatic carboxylic acids is 1. The minimum absolute atomic E-state index is 0.0210. The monoisotopic (exact) mass is 1840 g/mol. The molecule has 25 N–H and O–H groups in total. The molecule has 0 aromatic heterocycles. The number of unbranched alkanes of at least 4 members (excludes halogenated alkanes) is 5. The second-order valence-electron chi connectivity index (χ2n) is 31.7. The van der Waals surface area contributed by atoms with Crippen LogP contribution < -0.4 is 69.1 Å². The second-order valence-corrected chi connectivity index (χ2v) is 38.1. The van der Waals surface area contributed by atoms with Crippen LogP contribution in [0.1, 0.15) is 148 Å². The zero-order chi connectivity index (χ0) is 89.8. The Morgan fingerprint density at radius 3 is 1.11 bits per heavy atom. The van der Waals surface area contributed by atoms with Gasteiger partial charge in [-0.3, -0.25) is 34.3 Å². The van der Waals surface area contributed by atoms with Crippen LogP contribution in [0.4, 0.5) is 24.0 Å². The summed E-state index contributed by atoms with van der Waals surface area (Å²) in [6, 6.07) is 0.0510. The van der Waals surface area contributed by atoms with E-state index in [9.17, 15) is 58.2 Å². The van der Waals surface area contributed by atoms with Crippen LogP contribution in [0.3, 0.4) is 0 Å². The van der Waals surface area contributed by atoms with Crippen LogP contribution in [0.25, 0.3) is 0 Å². The molecule has 10 aliphatic rings. The highest BCUT2D eigenvalue weighted by molar-refractivity contribution is 8.01. The van der Waals surface area contributed by atoms with Crippen LogP contribution in [0.2, 0.25) is 0 Å². The number of nitrogens with zero attached hydrogens (tertiary/aromatic N) is 4. The lowest BCUT2D eigenvalue weighted by molar-refractivity contribution is -0.274. The summed E-state index contributed by atoms with van der Waals surface area (Å²) >= 11 is 9.44. The van der Waals surface area contributed by atoms with Gasteiger partial charge >= 0.3 is 48.1 Å². The summed E-state index contributed by atoms with van der Waals surface area (Å²) in [5.74, 6) is 2.05. The highest BCUT2D eigenvalue weighted by Gasteiger charge is 2.47.